The Hall–Kier alpha value is -1.17. The highest BCUT2D eigenvalue weighted by Gasteiger charge is 2.19. The van der Waals surface area contributed by atoms with Gasteiger partial charge in [0, 0.05) is 13.1 Å². The molecule has 0 atom stereocenters. The molecule has 5 nitrogen and oxygen atoms in total. The number of phenolic OH excluding ortho intramolecular Hbond substituents is 2. The normalized spacial score (nSPS) is 15.9. The van der Waals surface area contributed by atoms with Crippen molar-refractivity contribution >= 4 is 29.1 Å². The van der Waals surface area contributed by atoms with Gasteiger partial charge in [0.1, 0.15) is 0 Å². The van der Waals surface area contributed by atoms with E-state index in [1.807, 2.05) is 0 Å². The summed E-state index contributed by atoms with van der Waals surface area (Å²) >= 11 is 11.6. The van der Waals surface area contributed by atoms with Gasteiger partial charge in [-0.15, -0.1) is 0 Å². The molecule has 0 radical (unpaired) electrons. The van der Waals surface area contributed by atoms with Gasteiger partial charge in [-0.1, -0.05) is 29.6 Å². The molecule has 1 amide bonds. The van der Waals surface area contributed by atoms with Gasteiger partial charge < -0.3 is 20.4 Å². The third kappa shape index (κ3) is 3.93. The third-order valence-corrected chi connectivity index (χ3v) is 4.24. The van der Waals surface area contributed by atoms with Gasteiger partial charge in [0.15, 0.2) is 11.5 Å². The second-order valence-corrected chi connectivity index (χ2v) is 5.86. The first-order valence-electron chi connectivity index (χ1n) is 6.91. The van der Waals surface area contributed by atoms with Gasteiger partial charge in [-0.05, 0) is 32.0 Å². The van der Waals surface area contributed by atoms with Crippen LogP contribution in [0.3, 0.4) is 0 Å². The highest BCUT2D eigenvalue weighted by molar-refractivity contribution is 6.38. The Morgan fingerprint density at radius 2 is 1.86 bits per heavy atom. The molecule has 1 heterocycles. The fourth-order valence-corrected chi connectivity index (χ4v) is 2.80. The van der Waals surface area contributed by atoms with Gasteiger partial charge in [-0.25, -0.2) is 0 Å². The van der Waals surface area contributed by atoms with Crippen molar-refractivity contribution in [1.82, 2.24) is 10.2 Å². The van der Waals surface area contributed by atoms with Crippen molar-refractivity contribution in [2.24, 2.45) is 0 Å². The zero-order chi connectivity index (χ0) is 15.4. The minimum absolute atomic E-state index is 0.0515. The molecule has 1 aromatic rings. The maximum absolute atomic E-state index is 12.1. The van der Waals surface area contributed by atoms with Crippen molar-refractivity contribution in [3.8, 4) is 11.5 Å². The lowest BCUT2D eigenvalue weighted by molar-refractivity contribution is 0.0946. The van der Waals surface area contributed by atoms with Crippen LogP contribution in [0.2, 0.25) is 10.0 Å². The largest absolute Gasteiger partial charge is 0.503 e. The van der Waals surface area contributed by atoms with Gasteiger partial charge >= 0.3 is 0 Å². The number of rotatable bonds is 4. The molecule has 1 aliphatic heterocycles. The molecule has 1 fully saturated rings. The van der Waals surface area contributed by atoms with E-state index in [1.54, 1.807) is 0 Å². The molecular weight excluding hydrogens is 315 g/mol. The summed E-state index contributed by atoms with van der Waals surface area (Å²) < 4.78 is 0. The molecular formula is C14H18Cl2N2O3. The molecule has 0 bridgehead atoms. The summed E-state index contributed by atoms with van der Waals surface area (Å²) in [5.41, 5.74) is 0.0515. The lowest BCUT2D eigenvalue weighted by atomic mass is 10.1. The van der Waals surface area contributed by atoms with Crippen molar-refractivity contribution in [3.05, 3.63) is 21.7 Å². The number of carbonyl (C=O) groups is 1. The highest BCUT2D eigenvalue weighted by Crippen LogP contribution is 2.41. The maximum atomic E-state index is 12.1. The summed E-state index contributed by atoms with van der Waals surface area (Å²) in [6, 6.07) is 1.25. The predicted octanol–water partition coefficient (Wildman–Crippen LogP) is 2.62. The molecule has 0 spiro atoms. The lowest BCUT2D eigenvalue weighted by Crippen LogP contribution is -2.37. The Balaban J connectivity index is 1.94. The number of amides is 1. The zero-order valence-corrected chi connectivity index (χ0v) is 13.0. The number of halogens is 2. The second kappa shape index (κ2) is 7.20. The van der Waals surface area contributed by atoms with Gasteiger partial charge in [0.2, 0.25) is 0 Å². The molecule has 1 aromatic carbocycles. The van der Waals surface area contributed by atoms with Crippen LogP contribution < -0.4 is 5.32 Å². The van der Waals surface area contributed by atoms with Crippen LogP contribution in [0.5, 0.6) is 11.5 Å². The van der Waals surface area contributed by atoms with Crippen LogP contribution >= 0.6 is 23.2 Å². The average molecular weight is 333 g/mol. The van der Waals surface area contributed by atoms with E-state index in [0.717, 1.165) is 19.6 Å². The van der Waals surface area contributed by atoms with Gasteiger partial charge in [0.05, 0.1) is 15.6 Å². The lowest BCUT2D eigenvalue weighted by Gasteiger charge is -2.26. The number of likely N-dealkylation sites (tertiary alicyclic amines) is 1. The summed E-state index contributed by atoms with van der Waals surface area (Å²) in [5, 5.41) is 21.5. The first-order chi connectivity index (χ1) is 10.0. The van der Waals surface area contributed by atoms with Crippen LogP contribution in [-0.4, -0.2) is 47.2 Å². The summed E-state index contributed by atoms with van der Waals surface area (Å²) in [5.74, 6) is -1.52. The van der Waals surface area contributed by atoms with Crippen LogP contribution in [0.25, 0.3) is 0 Å². The number of hydrogen-bond donors (Lipinski definition) is 3. The zero-order valence-electron chi connectivity index (χ0n) is 11.5. The first kappa shape index (κ1) is 16.2. The van der Waals surface area contributed by atoms with Crippen molar-refractivity contribution in [3.63, 3.8) is 0 Å². The number of phenols is 2. The number of hydrogen-bond acceptors (Lipinski definition) is 4. The monoisotopic (exact) mass is 332 g/mol. The van der Waals surface area contributed by atoms with Crippen LogP contribution in [-0.2, 0) is 0 Å². The van der Waals surface area contributed by atoms with E-state index in [-0.39, 0.29) is 15.6 Å². The molecule has 0 aliphatic carbocycles. The van der Waals surface area contributed by atoms with E-state index >= 15 is 0 Å². The van der Waals surface area contributed by atoms with E-state index in [1.165, 1.54) is 25.3 Å². The first-order valence-corrected chi connectivity index (χ1v) is 7.66. The molecule has 116 valence electrons. The Morgan fingerprint density at radius 3 is 2.52 bits per heavy atom. The van der Waals surface area contributed by atoms with Crippen molar-refractivity contribution in [1.29, 1.82) is 0 Å². The molecule has 3 N–H and O–H groups in total. The third-order valence-electron chi connectivity index (χ3n) is 3.57. The van der Waals surface area contributed by atoms with E-state index in [9.17, 15) is 15.0 Å². The second-order valence-electron chi connectivity index (χ2n) is 5.08. The van der Waals surface area contributed by atoms with Crippen molar-refractivity contribution in [2.45, 2.75) is 19.3 Å². The molecule has 21 heavy (non-hydrogen) atoms. The topological polar surface area (TPSA) is 72.8 Å². The Bertz CT molecular complexity index is 531. The Kier molecular flexibility index (Phi) is 5.56. The smallest absolute Gasteiger partial charge is 0.253 e. The number of aromatic hydroxyl groups is 2. The minimum Gasteiger partial charge on any atom is -0.503 e. The number of carbonyl (C=O) groups excluding carboxylic acids is 1. The standard InChI is InChI=1S/C14H18Cl2N2O3/c15-10-8-9(11(16)13(20)12(10)19)14(21)17-4-7-18-5-2-1-3-6-18/h8,19-20H,1-7H2,(H,17,21). The summed E-state index contributed by atoms with van der Waals surface area (Å²) in [7, 11) is 0. The molecule has 0 unspecified atom stereocenters. The van der Waals surface area contributed by atoms with E-state index < -0.39 is 17.4 Å². The van der Waals surface area contributed by atoms with Crippen molar-refractivity contribution < 1.29 is 15.0 Å². The quantitative estimate of drug-likeness (QED) is 0.741. The fourth-order valence-electron chi connectivity index (χ4n) is 2.37. The molecule has 0 saturated carbocycles. The van der Waals surface area contributed by atoms with Gasteiger partial charge in [-0.3, -0.25) is 4.79 Å². The highest BCUT2D eigenvalue weighted by atomic mass is 35.5. The summed E-state index contributed by atoms with van der Waals surface area (Å²) in [6.07, 6.45) is 3.66. The number of nitrogens with one attached hydrogen (secondary N) is 1. The maximum Gasteiger partial charge on any atom is 0.253 e. The molecule has 2 rings (SSSR count). The van der Waals surface area contributed by atoms with Gasteiger partial charge in [-0.2, -0.15) is 0 Å². The summed E-state index contributed by atoms with van der Waals surface area (Å²) in [6.45, 7) is 3.39. The summed E-state index contributed by atoms with van der Waals surface area (Å²) in [4.78, 5) is 14.4. The Labute approximate surface area is 133 Å². The van der Waals surface area contributed by atoms with Crippen molar-refractivity contribution in [2.75, 3.05) is 26.2 Å². The van der Waals surface area contributed by atoms with E-state index in [4.69, 9.17) is 23.2 Å². The SMILES string of the molecule is O=C(NCCN1CCCCC1)c1cc(Cl)c(O)c(O)c1Cl. The van der Waals surface area contributed by atoms with Gasteiger partial charge in [0.25, 0.3) is 5.91 Å². The van der Waals surface area contributed by atoms with E-state index in [2.05, 4.69) is 10.2 Å². The molecule has 0 aromatic heterocycles. The van der Waals surface area contributed by atoms with Crippen LogP contribution in [0.15, 0.2) is 6.07 Å². The number of piperidine rings is 1. The minimum atomic E-state index is -0.578. The number of benzene rings is 1. The Morgan fingerprint density at radius 1 is 1.19 bits per heavy atom. The average Bonchev–Trinajstić information content (AvgIpc) is 2.49. The molecule has 7 heteroatoms. The fraction of sp³-hybridized carbons (Fsp3) is 0.500. The van der Waals surface area contributed by atoms with E-state index in [0.29, 0.717) is 6.54 Å². The number of nitrogens with zero attached hydrogens (tertiary/aromatic N) is 1. The van der Waals surface area contributed by atoms with Crippen LogP contribution in [0.4, 0.5) is 0 Å². The van der Waals surface area contributed by atoms with Crippen LogP contribution in [0, 0.1) is 0 Å². The molecule has 1 saturated heterocycles. The predicted molar refractivity (Wildman–Crippen MR) is 82.4 cm³/mol. The van der Waals surface area contributed by atoms with Crippen LogP contribution in [0.1, 0.15) is 29.6 Å². The molecule has 1 aliphatic rings.